The number of hydrogen-bond acceptors (Lipinski definition) is 1. The molecule has 0 aliphatic carbocycles. The number of nitrogens with one attached hydrogen (secondary N) is 1. The third-order valence-corrected chi connectivity index (χ3v) is 1.11. The van der Waals surface area contributed by atoms with Gasteiger partial charge in [0.1, 0.15) is 0 Å². The maximum Gasteiger partial charge on any atom is 0.0164 e. The summed E-state index contributed by atoms with van der Waals surface area (Å²) in [6.07, 6.45) is 2.64. The molecule has 8 heavy (non-hydrogen) atoms. The summed E-state index contributed by atoms with van der Waals surface area (Å²) >= 11 is 0. The predicted octanol–water partition coefficient (Wildman–Crippen LogP) is 1.78. The van der Waals surface area contributed by atoms with E-state index in [1.807, 2.05) is 0 Å². The van der Waals surface area contributed by atoms with E-state index in [9.17, 15) is 0 Å². The summed E-state index contributed by atoms with van der Waals surface area (Å²) in [5.41, 5.74) is 0. The highest BCUT2D eigenvalue weighted by Gasteiger charge is 2.10. The Morgan fingerprint density at radius 3 is 1.62 bits per heavy atom. The fourth-order valence-corrected chi connectivity index (χ4v) is 0.118. The quantitative estimate of drug-likeness (QED) is 0.517. The normalized spacial score (nSPS) is 23.6. The molecule has 1 aliphatic rings. The van der Waals surface area contributed by atoms with Crippen LogP contribution in [0.2, 0.25) is 0 Å². The minimum Gasteiger partial charge on any atom is -0.311 e. The van der Waals surface area contributed by atoms with Crippen LogP contribution >= 0.6 is 0 Å². The molecule has 0 spiro atoms. The molecule has 0 bridgehead atoms. The Balaban J connectivity index is 0.000000122. The molecule has 0 aromatic heterocycles. The van der Waals surface area contributed by atoms with Crippen LogP contribution in [0.1, 0.15) is 33.6 Å². The predicted molar refractivity (Wildman–Crippen MR) is 38.0 cm³/mol. The van der Waals surface area contributed by atoms with E-state index in [-0.39, 0.29) is 0 Å². The first kappa shape index (κ1) is 7.96. The van der Waals surface area contributed by atoms with Crippen LogP contribution in [0.3, 0.4) is 0 Å². The minimum absolute atomic E-state index is 0.833. The van der Waals surface area contributed by atoms with Crippen molar-refractivity contribution in [2.75, 3.05) is 6.54 Å². The second-order valence-corrected chi connectivity index (χ2v) is 2.31. The zero-order chi connectivity index (χ0) is 6.41. The molecule has 1 nitrogen and oxygen atoms in total. The molecular formula is C7H17N. The van der Waals surface area contributed by atoms with E-state index >= 15 is 0 Å². The van der Waals surface area contributed by atoms with Crippen LogP contribution in [0, 0.1) is 0 Å². The average molecular weight is 115 g/mol. The van der Waals surface area contributed by atoms with Gasteiger partial charge in [-0.25, -0.2) is 0 Å². The molecule has 50 valence electrons. The first-order chi connectivity index (χ1) is 3.81. The van der Waals surface area contributed by atoms with Crippen molar-refractivity contribution in [3.05, 3.63) is 0 Å². The van der Waals surface area contributed by atoms with E-state index < -0.39 is 0 Å². The van der Waals surface area contributed by atoms with Gasteiger partial charge >= 0.3 is 0 Å². The Morgan fingerprint density at radius 1 is 1.38 bits per heavy atom. The molecule has 0 amide bonds. The SMILES string of the molecule is CC1CN1.CCCC. The van der Waals surface area contributed by atoms with E-state index in [1.165, 1.54) is 19.4 Å². The summed E-state index contributed by atoms with van der Waals surface area (Å²) in [4.78, 5) is 0. The molecule has 1 saturated heterocycles. The summed E-state index contributed by atoms with van der Waals surface area (Å²) in [7, 11) is 0. The monoisotopic (exact) mass is 115 g/mol. The molecule has 0 aromatic rings. The van der Waals surface area contributed by atoms with Gasteiger partial charge < -0.3 is 5.32 Å². The van der Waals surface area contributed by atoms with Crippen molar-refractivity contribution in [1.29, 1.82) is 0 Å². The third kappa shape index (κ3) is 9.35. The molecule has 1 unspecified atom stereocenters. The highest BCUT2D eigenvalue weighted by molar-refractivity contribution is 4.76. The highest BCUT2D eigenvalue weighted by Crippen LogP contribution is 1.88. The average Bonchev–Trinajstić information content (AvgIpc) is 2.52. The largest absolute Gasteiger partial charge is 0.311 e. The van der Waals surface area contributed by atoms with Gasteiger partial charge in [-0.05, 0) is 6.92 Å². The molecule has 0 saturated carbocycles. The van der Waals surface area contributed by atoms with Crippen molar-refractivity contribution in [3.63, 3.8) is 0 Å². The molecule has 1 aliphatic heterocycles. The van der Waals surface area contributed by atoms with Crippen LogP contribution in [0.4, 0.5) is 0 Å². The van der Waals surface area contributed by atoms with E-state index in [1.54, 1.807) is 0 Å². The highest BCUT2D eigenvalue weighted by atomic mass is 15.1. The van der Waals surface area contributed by atoms with Gasteiger partial charge in [0.05, 0.1) is 0 Å². The van der Waals surface area contributed by atoms with Gasteiger partial charge in [0.2, 0.25) is 0 Å². The van der Waals surface area contributed by atoms with Gasteiger partial charge in [-0.1, -0.05) is 26.7 Å². The lowest BCUT2D eigenvalue weighted by molar-refractivity contribution is 0.886. The fraction of sp³-hybridized carbons (Fsp3) is 1.00. The lowest BCUT2D eigenvalue weighted by Crippen LogP contribution is -1.72. The van der Waals surface area contributed by atoms with Crippen LogP contribution in [0.5, 0.6) is 0 Å². The van der Waals surface area contributed by atoms with Crippen molar-refractivity contribution in [1.82, 2.24) is 5.32 Å². The summed E-state index contributed by atoms with van der Waals surface area (Å²) in [5, 5.41) is 3.10. The summed E-state index contributed by atoms with van der Waals surface area (Å²) in [6.45, 7) is 7.76. The molecule has 0 radical (unpaired) electrons. The van der Waals surface area contributed by atoms with Crippen molar-refractivity contribution >= 4 is 0 Å². The number of unbranched alkanes of at least 4 members (excludes halogenated alkanes) is 1. The number of hydrogen-bond donors (Lipinski definition) is 1. The molecule has 1 N–H and O–H groups in total. The molecular weight excluding hydrogens is 98.1 g/mol. The molecule has 1 heterocycles. The Hall–Kier alpha value is -0.0400. The van der Waals surface area contributed by atoms with Crippen molar-refractivity contribution in [3.8, 4) is 0 Å². The Labute approximate surface area is 52.5 Å². The lowest BCUT2D eigenvalue weighted by atomic mass is 10.4. The van der Waals surface area contributed by atoms with Crippen LogP contribution in [-0.2, 0) is 0 Å². The maximum absolute atomic E-state index is 3.10. The summed E-state index contributed by atoms with van der Waals surface area (Å²) in [6, 6.07) is 0.833. The van der Waals surface area contributed by atoms with Crippen molar-refractivity contribution in [2.45, 2.75) is 39.7 Å². The Bertz CT molecular complexity index is 37.7. The summed E-state index contributed by atoms with van der Waals surface area (Å²) < 4.78 is 0. The smallest absolute Gasteiger partial charge is 0.0164 e. The molecule has 1 heteroatoms. The standard InChI is InChI=1S/C4H10.C3H7N/c1-3-4-2;1-3-2-4-3/h3-4H2,1-2H3;3-4H,2H2,1H3. The fourth-order valence-electron chi connectivity index (χ4n) is 0.118. The van der Waals surface area contributed by atoms with Gasteiger partial charge in [-0.15, -0.1) is 0 Å². The van der Waals surface area contributed by atoms with Crippen LogP contribution in [-0.4, -0.2) is 12.6 Å². The van der Waals surface area contributed by atoms with E-state index in [0.29, 0.717) is 0 Å². The zero-order valence-electron chi connectivity index (χ0n) is 6.20. The molecule has 1 rings (SSSR count). The minimum atomic E-state index is 0.833. The van der Waals surface area contributed by atoms with E-state index in [0.717, 1.165) is 6.04 Å². The second kappa shape index (κ2) is 5.10. The van der Waals surface area contributed by atoms with Gasteiger partial charge in [0.25, 0.3) is 0 Å². The van der Waals surface area contributed by atoms with E-state index in [2.05, 4.69) is 26.1 Å². The topological polar surface area (TPSA) is 21.9 Å². The Morgan fingerprint density at radius 2 is 1.62 bits per heavy atom. The number of rotatable bonds is 1. The van der Waals surface area contributed by atoms with Gasteiger partial charge in [0, 0.05) is 12.6 Å². The van der Waals surface area contributed by atoms with Crippen LogP contribution in [0.25, 0.3) is 0 Å². The third-order valence-electron chi connectivity index (χ3n) is 1.11. The Kier molecular flexibility index (Phi) is 5.08. The lowest BCUT2D eigenvalue weighted by Gasteiger charge is -1.68. The molecule has 1 fully saturated rings. The van der Waals surface area contributed by atoms with Gasteiger partial charge in [-0.3, -0.25) is 0 Å². The van der Waals surface area contributed by atoms with Gasteiger partial charge in [-0.2, -0.15) is 0 Å². The second-order valence-electron chi connectivity index (χ2n) is 2.31. The zero-order valence-corrected chi connectivity index (χ0v) is 6.20. The summed E-state index contributed by atoms with van der Waals surface area (Å²) in [5.74, 6) is 0. The van der Waals surface area contributed by atoms with Crippen LogP contribution < -0.4 is 5.32 Å². The first-order valence-corrected chi connectivity index (χ1v) is 3.54. The van der Waals surface area contributed by atoms with Crippen LogP contribution in [0.15, 0.2) is 0 Å². The van der Waals surface area contributed by atoms with Gasteiger partial charge in [0.15, 0.2) is 0 Å². The first-order valence-electron chi connectivity index (χ1n) is 3.54. The van der Waals surface area contributed by atoms with E-state index in [4.69, 9.17) is 0 Å². The molecule has 1 atom stereocenters. The molecule has 0 aromatic carbocycles. The maximum atomic E-state index is 3.10. The van der Waals surface area contributed by atoms with Crippen molar-refractivity contribution in [2.24, 2.45) is 0 Å². The van der Waals surface area contributed by atoms with Crippen molar-refractivity contribution < 1.29 is 0 Å².